The van der Waals surface area contributed by atoms with E-state index < -0.39 is 17.8 Å². The van der Waals surface area contributed by atoms with Crippen molar-refractivity contribution in [3.8, 4) is 0 Å². The monoisotopic (exact) mass is 295 g/mol. The average Bonchev–Trinajstić information content (AvgIpc) is 3.25. The van der Waals surface area contributed by atoms with Crippen molar-refractivity contribution in [2.75, 3.05) is 25.5 Å². The second-order valence-electron chi connectivity index (χ2n) is 5.09. The van der Waals surface area contributed by atoms with Crippen molar-refractivity contribution < 1.29 is 19.1 Å². The van der Waals surface area contributed by atoms with Crippen LogP contribution in [0.5, 0.6) is 0 Å². The molecule has 3 N–H and O–H groups in total. The van der Waals surface area contributed by atoms with Crippen molar-refractivity contribution in [2.24, 2.45) is 0 Å². The lowest BCUT2D eigenvalue weighted by molar-refractivity contribution is 0.0697. The normalized spacial score (nSPS) is 14.0. The number of hydrogen-bond donors (Lipinski definition) is 3. The van der Waals surface area contributed by atoms with E-state index in [1.807, 2.05) is 7.05 Å². The zero-order chi connectivity index (χ0) is 15.4. The van der Waals surface area contributed by atoms with Gasteiger partial charge in [-0.15, -0.1) is 0 Å². The number of hydrogen-bond acceptors (Lipinski definition) is 3. The van der Waals surface area contributed by atoms with Crippen LogP contribution in [0.3, 0.4) is 0 Å². The Hall–Kier alpha value is -2.15. The Balaban J connectivity index is 1.85. The van der Waals surface area contributed by atoms with E-state index in [0.29, 0.717) is 12.6 Å². The number of carboxylic acids is 1. The first-order valence-corrected chi connectivity index (χ1v) is 6.75. The third-order valence-electron chi connectivity index (χ3n) is 3.38. The molecular formula is C14H18FN3O3. The van der Waals surface area contributed by atoms with E-state index in [4.69, 9.17) is 5.11 Å². The summed E-state index contributed by atoms with van der Waals surface area (Å²) in [6.45, 7) is 1.19. The molecule has 114 valence electrons. The molecule has 21 heavy (non-hydrogen) atoms. The molecule has 1 aliphatic carbocycles. The van der Waals surface area contributed by atoms with E-state index in [1.165, 1.54) is 18.9 Å². The third kappa shape index (κ3) is 4.42. The van der Waals surface area contributed by atoms with E-state index in [-0.39, 0.29) is 11.3 Å². The van der Waals surface area contributed by atoms with Crippen LogP contribution in [0.25, 0.3) is 0 Å². The maximum Gasteiger partial charge on any atom is 0.337 e. The fraction of sp³-hybridized carbons (Fsp3) is 0.429. The molecule has 7 heteroatoms. The number of carbonyl (C=O) groups excluding carboxylic acids is 1. The first-order valence-electron chi connectivity index (χ1n) is 6.75. The lowest BCUT2D eigenvalue weighted by Gasteiger charge is -2.16. The van der Waals surface area contributed by atoms with Gasteiger partial charge in [0.05, 0.1) is 11.3 Å². The quantitative estimate of drug-likeness (QED) is 0.746. The number of nitrogens with zero attached hydrogens (tertiary/aromatic N) is 1. The van der Waals surface area contributed by atoms with Gasteiger partial charge in [0.25, 0.3) is 0 Å². The molecule has 2 rings (SSSR count). The lowest BCUT2D eigenvalue weighted by Crippen LogP contribution is -2.36. The Morgan fingerprint density at radius 1 is 1.43 bits per heavy atom. The van der Waals surface area contributed by atoms with Crippen LogP contribution < -0.4 is 10.6 Å². The summed E-state index contributed by atoms with van der Waals surface area (Å²) in [6.07, 6.45) is 2.39. The highest BCUT2D eigenvalue weighted by molar-refractivity contribution is 5.99. The molecule has 6 nitrogen and oxygen atoms in total. The number of carbonyl (C=O) groups is 2. The molecule has 0 aromatic heterocycles. The number of nitrogens with one attached hydrogen (secondary N) is 2. The number of halogens is 1. The van der Waals surface area contributed by atoms with Crippen molar-refractivity contribution in [3.63, 3.8) is 0 Å². The Kier molecular flexibility index (Phi) is 4.74. The fourth-order valence-electron chi connectivity index (χ4n) is 2.01. The Morgan fingerprint density at radius 2 is 2.14 bits per heavy atom. The van der Waals surface area contributed by atoms with Gasteiger partial charge in [-0.05, 0) is 38.1 Å². The highest BCUT2D eigenvalue weighted by Gasteiger charge is 2.25. The fourth-order valence-corrected chi connectivity index (χ4v) is 2.01. The topological polar surface area (TPSA) is 81.7 Å². The Bertz CT molecular complexity index is 546. The van der Waals surface area contributed by atoms with E-state index in [1.54, 1.807) is 0 Å². The maximum atomic E-state index is 13.0. The molecule has 0 saturated heterocycles. The number of aromatic carboxylic acids is 1. The highest BCUT2D eigenvalue weighted by atomic mass is 19.1. The third-order valence-corrected chi connectivity index (χ3v) is 3.38. The number of rotatable bonds is 6. The summed E-state index contributed by atoms with van der Waals surface area (Å²) < 4.78 is 13.0. The minimum atomic E-state index is -1.29. The van der Waals surface area contributed by atoms with Crippen molar-refractivity contribution in [1.82, 2.24) is 10.2 Å². The van der Waals surface area contributed by atoms with Gasteiger partial charge in [0.2, 0.25) is 0 Å². The molecule has 2 amide bonds. The van der Waals surface area contributed by atoms with Crippen LogP contribution in [-0.4, -0.2) is 48.2 Å². The summed E-state index contributed by atoms with van der Waals surface area (Å²) in [4.78, 5) is 24.9. The molecule has 0 aliphatic heterocycles. The van der Waals surface area contributed by atoms with Gasteiger partial charge in [-0.25, -0.2) is 14.0 Å². The minimum Gasteiger partial charge on any atom is -0.478 e. The van der Waals surface area contributed by atoms with E-state index in [0.717, 1.165) is 18.7 Å². The molecule has 0 atom stereocenters. The summed E-state index contributed by atoms with van der Waals surface area (Å²) in [5, 5.41) is 14.0. The van der Waals surface area contributed by atoms with Gasteiger partial charge in [-0.3, -0.25) is 0 Å². The number of benzene rings is 1. The first-order chi connectivity index (χ1) is 9.97. The highest BCUT2D eigenvalue weighted by Crippen LogP contribution is 2.24. The van der Waals surface area contributed by atoms with E-state index in [9.17, 15) is 14.0 Å². The van der Waals surface area contributed by atoms with Crippen LogP contribution in [0.15, 0.2) is 18.2 Å². The molecule has 0 heterocycles. The van der Waals surface area contributed by atoms with Crippen LogP contribution in [0, 0.1) is 5.82 Å². The summed E-state index contributed by atoms with van der Waals surface area (Å²) >= 11 is 0. The predicted molar refractivity (Wildman–Crippen MR) is 76.0 cm³/mol. The number of likely N-dealkylation sites (N-methyl/N-ethyl adjacent to an activating group) is 1. The van der Waals surface area contributed by atoms with Crippen molar-refractivity contribution in [3.05, 3.63) is 29.6 Å². The number of urea groups is 1. The minimum absolute atomic E-state index is 0.0666. The smallest absolute Gasteiger partial charge is 0.337 e. The Morgan fingerprint density at radius 3 is 2.76 bits per heavy atom. The summed E-state index contributed by atoms with van der Waals surface area (Å²) in [7, 11) is 2.00. The zero-order valence-corrected chi connectivity index (χ0v) is 11.7. The van der Waals surface area contributed by atoms with Crippen LogP contribution in [0.2, 0.25) is 0 Å². The SMILES string of the molecule is CN(CCNC(=O)Nc1ccc(F)cc1C(=O)O)C1CC1. The Labute approximate surface area is 121 Å². The lowest BCUT2D eigenvalue weighted by atomic mass is 10.2. The van der Waals surface area contributed by atoms with Gasteiger partial charge in [0.15, 0.2) is 0 Å². The zero-order valence-electron chi connectivity index (χ0n) is 11.7. The standard InChI is InChI=1S/C14H18FN3O3/c1-18(10-3-4-10)7-6-16-14(21)17-12-5-2-9(15)8-11(12)13(19)20/h2,5,8,10H,3-4,6-7H2,1H3,(H,19,20)(H2,16,17,21). The second kappa shape index (κ2) is 6.53. The number of amides is 2. The molecule has 0 radical (unpaired) electrons. The number of anilines is 1. The average molecular weight is 295 g/mol. The molecule has 1 aliphatic rings. The first kappa shape index (κ1) is 15.2. The van der Waals surface area contributed by atoms with Gasteiger partial charge in [-0.2, -0.15) is 0 Å². The van der Waals surface area contributed by atoms with Crippen LogP contribution >= 0.6 is 0 Å². The van der Waals surface area contributed by atoms with Crippen LogP contribution in [0.1, 0.15) is 23.2 Å². The molecular weight excluding hydrogens is 277 g/mol. The van der Waals surface area contributed by atoms with Gasteiger partial charge in [0.1, 0.15) is 5.82 Å². The summed E-state index contributed by atoms with van der Waals surface area (Å²) in [5.74, 6) is -1.96. The molecule has 1 aromatic rings. The largest absolute Gasteiger partial charge is 0.478 e. The maximum absolute atomic E-state index is 13.0. The summed E-state index contributed by atoms with van der Waals surface area (Å²) in [6, 6.07) is 3.31. The molecule has 0 unspecified atom stereocenters. The van der Waals surface area contributed by atoms with Gasteiger partial charge >= 0.3 is 12.0 Å². The molecule has 1 fully saturated rings. The van der Waals surface area contributed by atoms with Crippen LogP contribution in [-0.2, 0) is 0 Å². The molecule has 0 bridgehead atoms. The van der Waals surface area contributed by atoms with Crippen molar-refractivity contribution in [2.45, 2.75) is 18.9 Å². The van der Waals surface area contributed by atoms with E-state index >= 15 is 0 Å². The van der Waals surface area contributed by atoms with Gasteiger partial charge in [0, 0.05) is 19.1 Å². The van der Waals surface area contributed by atoms with Crippen molar-refractivity contribution >= 4 is 17.7 Å². The molecule has 1 saturated carbocycles. The van der Waals surface area contributed by atoms with E-state index in [2.05, 4.69) is 15.5 Å². The van der Waals surface area contributed by atoms with Gasteiger partial charge in [-0.1, -0.05) is 0 Å². The molecule has 0 spiro atoms. The summed E-state index contributed by atoms with van der Waals surface area (Å²) in [5.41, 5.74) is -0.211. The van der Waals surface area contributed by atoms with Crippen LogP contribution in [0.4, 0.5) is 14.9 Å². The predicted octanol–water partition coefficient (Wildman–Crippen LogP) is 1.74. The second-order valence-corrected chi connectivity index (χ2v) is 5.09. The number of carboxylic acid groups (broad SMARTS) is 1. The molecule has 1 aromatic carbocycles. The van der Waals surface area contributed by atoms with Crippen molar-refractivity contribution in [1.29, 1.82) is 0 Å². The van der Waals surface area contributed by atoms with Gasteiger partial charge < -0.3 is 20.6 Å².